The Morgan fingerprint density at radius 2 is 1.87 bits per heavy atom. The van der Waals surface area contributed by atoms with E-state index < -0.39 is 21.4 Å². The molecule has 0 spiro atoms. The maximum absolute atomic E-state index is 13.5. The highest BCUT2D eigenvalue weighted by Gasteiger charge is 2.43. The van der Waals surface area contributed by atoms with Gasteiger partial charge in [-0.2, -0.15) is 0 Å². The SMILES string of the molecule is Cc1cc(F)cc(S(=O)(=O)NCC23COCCN2CCOC3)c1. The number of aryl methyl sites for hydroxylation is 1. The van der Waals surface area contributed by atoms with E-state index in [1.54, 1.807) is 6.92 Å². The summed E-state index contributed by atoms with van der Waals surface area (Å²) in [4.78, 5) is 2.14. The normalized spacial score (nSPS) is 21.8. The molecule has 23 heavy (non-hydrogen) atoms. The van der Waals surface area contributed by atoms with E-state index in [2.05, 4.69) is 9.62 Å². The number of hydrogen-bond acceptors (Lipinski definition) is 5. The first kappa shape index (κ1) is 16.8. The van der Waals surface area contributed by atoms with Crippen LogP contribution in [0.15, 0.2) is 23.1 Å². The minimum absolute atomic E-state index is 0.0635. The van der Waals surface area contributed by atoms with Gasteiger partial charge in [-0.05, 0) is 30.7 Å². The van der Waals surface area contributed by atoms with Gasteiger partial charge in [0.05, 0.1) is 36.9 Å². The first-order valence-electron chi connectivity index (χ1n) is 7.59. The number of benzene rings is 1. The molecule has 1 aromatic carbocycles. The Morgan fingerprint density at radius 1 is 1.22 bits per heavy atom. The summed E-state index contributed by atoms with van der Waals surface area (Å²) >= 11 is 0. The molecule has 2 aliphatic heterocycles. The van der Waals surface area contributed by atoms with Gasteiger partial charge in [0.1, 0.15) is 5.82 Å². The van der Waals surface area contributed by atoms with Crippen molar-refractivity contribution in [3.63, 3.8) is 0 Å². The highest BCUT2D eigenvalue weighted by molar-refractivity contribution is 7.89. The van der Waals surface area contributed by atoms with Gasteiger partial charge in [-0.3, -0.25) is 4.90 Å². The summed E-state index contributed by atoms with van der Waals surface area (Å²) in [5, 5.41) is 0. The third-order valence-corrected chi connectivity index (χ3v) is 5.72. The van der Waals surface area contributed by atoms with Crippen LogP contribution in [0.1, 0.15) is 5.56 Å². The molecule has 3 rings (SSSR count). The Morgan fingerprint density at radius 3 is 2.48 bits per heavy atom. The summed E-state index contributed by atoms with van der Waals surface area (Å²) in [6, 6.07) is 3.78. The largest absolute Gasteiger partial charge is 0.378 e. The smallest absolute Gasteiger partial charge is 0.240 e. The molecule has 2 fully saturated rings. The number of fused-ring (bicyclic) bond motifs is 1. The zero-order valence-electron chi connectivity index (χ0n) is 13.0. The number of morpholine rings is 2. The van der Waals surface area contributed by atoms with Crippen molar-refractivity contribution in [3.05, 3.63) is 29.6 Å². The molecular weight excluding hydrogens is 323 g/mol. The van der Waals surface area contributed by atoms with Crippen molar-refractivity contribution < 1.29 is 22.3 Å². The van der Waals surface area contributed by atoms with Crippen molar-refractivity contribution in [3.8, 4) is 0 Å². The van der Waals surface area contributed by atoms with E-state index >= 15 is 0 Å². The molecule has 2 heterocycles. The van der Waals surface area contributed by atoms with Crippen molar-refractivity contribution in [2.75, 3.05) is 46.1 Å². The summed E-state index contributed by atoms with van der Waals surface area (Å²) < 4.78 is 52.1. The van der Waals surface area contributed by atoms with E-state index in [1.807, 2.05) is 0 Å². The van der Waals surface area contributed by atoms with Crippen LogP contribution in [0.5, 0.6) is 0 Å². The Hall–Kier alpha value is -1.06. The molecule has 2 saturated heterocycles. The predicted molar refractivity (Wildman–Crippen MR) is 82.3 cm³/mol. The average Bonchev–Trinajstić information content (AvgIpc) is 2.52. The van der Waals surface area contributed by atoms with Gasteiger partial charge in [0.25, 0.3) is 0 Å². The lowest BCUT2D eigenvalue weighted by Crippen LogP contribution is -2.67. The Balaban J connectivity index is 1.77. The van der Waals surface area contributed by atoms with Gasteiger partial charge < -0.3 is 9.47 Å². The minimum atomic E-state index is -3.79. The van der Waals surface area contributed by atoms with Gasteiger partial charge in [-0.1, -0.05) is 0 Å². The molecule has 0 aromatic heterocycles. The van der Waals surface area contributed by atoms with Crippen molar-refractivity contribution in [1.82, 2.24) is 9.62 Å². The van der Waals surface area contributed by atoms with Crippen LogP contribution in [0.4, 0.5) is 4.39 Å². The molecule has 0 atom stereocenters. The molecule has 0 saturated carbocycles. The number of nitrogens with one attached hydrogen (secondary N) is 1. The first-order valence-corrected chi connectivity index (χ1v) is 9.07. The highest BCUT2D eigenvalue weighted by Crippen LogP contribution is 2.24. The third kappa shape index (κ3) is 3.56. The molecule has 1 N–H and O–H groups in total. The van der Waals surface area contributed by atoms with Crippen LogP contribution < -0.4 is 4.72 Å². The fraction of sp³-hybridized carbons (Fsp3) is 0.600. The van der Waals surface area contributed by atoms with Gasteiger partial charge >= 0.3 is 0 Å². The van der Waals surface area contributed by atoms with Crippen LogP contribution in [0.25, 0.3) is 0 Å². The Bertz CT molecular complexity index is 648. The average molecular weight is 344 g/mol. The zero-order chi connectivity index (χ0) is 16.5. The molecule has 2 aliphatic rings. The quantitative estimate of drug-likeness (QED) is 0.862. The topological polar surface area (TPSA) is 67.9 Å². The second-order valence-corrected chi connectivity index (χ2v) is 7.87. The molecule has 0 unspecified atom stereocenters. The van der Waals surface area contributed by atoms with E-state index in [0.717, 1.165) is 19.2 Å². The molecule has 128 valence electrons. The van der Waals surface area contributed by atoms with E-state index in [0.29, 0.717) is 32.0 Å². The molecule has 0 radical (unpaired) electrons. The lowest BCUT2D eigenvalue weighted by atomic mass is 9.97. The summed E-state index contributed by atoms with van der Waals surface area (Å²) in [6.45, 7) is 5.44. The number of sulfonamides is 1. The first-order chi connectivity index (χ1) is 10.9. The standard InChI is InChI=1S/C15H21FN2O4S/c1-12-6-13(16)8-14(7-12)23(19,20)17-9-15-10-21-4-2-18(15)3-5-22-11-15/h6-8,17H,2-5,9-11H2,1H3. The molecule has 0 aliphatic carbocycles. The molecule has 0 amide bonds. The fourth-order valence-electron chi connectivity index (χ4n) is 3.07. The van der Waals surface area contributed by atoms with Crippen LogP contribution in [0.2, 0.25) is 0 Å². The summed E-state index contributed by atoms with van der Waals surface area (Å²) in [5.41, 5.74) is 0.0681. The Labute approximate surface area is 135 Å². The maximum Gasteiger partial charge on any atom is 0.240 e. The zero-order valence-corrected chi connectivity index (χ0v) is 13.9. The van der Waals surface area contributed by atoms with Crippen molar-refractivity contribution in [1.29, 1.82) is 0 Å². The molecule has 6 nitrogen and oxygen atoms in total. The van der Waals surface area contributed by atoms with Crippen LogP contribution in [-0.2, 0) is 19.5 Å². The predicted octanol–water partition coefficient (Wildman–Crippen LogP) is 0.514. The minimum Gasteiger partial charge on any atom is -0.378 e. The fourth-order valence-corrected chi connectivity index (χ4v) is 4.30. The number of ether oxygens (including phenoxy) is 2. The number of nitrogens with zero attached hydrogens (tertiary/aromatic N) is 1. The Kier molecular flexibility index (Phi) is 4.70. The van der Waals surface area contributed by atoms with Crippen molar-refractivity contribution in [2.24, 2.45) is 0 Å². The van der Waals surface area contributed by atoms with Gasteiger partial charge in [0.2, 0.25) is 10.0 Å². The van der Waals surface area contributed by atoms with Crippen LogP contribution >= 0.6 is 0 Å². The highest BCUT2D eigenvalue weighted by atomic mass is 32.2. The number of rotatable bonds is 4. The second kappa shape index (κ2) is 6.45. The van der Waals surface area contributed by atoms with E-state index in [4.69, 9.17) is 9.47 Å². The van der Waals surface area contributed by atoms with Crippen LogP contribution in [0, 0.1) is 12.7 Å². The maximum atomic E-state index is 13.5. The van der Waals surface area contributed by atoms with E-state index in [1.165, 1.54) is 12.1 Å². The lowest BCUT2D eigenvalue weighted by molar-refractivity contribution is -0.138. The van der Waals surface area contributed by atoms with Gasteiger partial charge in [-0.15, -0.1) is 0 Å². The second-order valence-electron chi connectivity index (χ2n) is 6.11. The molecule has 1 aromatic rings. The summed E-state index contributed by atoms with van der Waals surface area (Å²) in [5.74, 6) is -0.563. The van der Waals surface area contributed by atoms with Crippen LogP contribution in [-0.4, -0.2) is 64.9 Å². The van der Waals surface area contributed by atoms with Gasteiger partial charge in [-0.25, -0.2) is 17.5 Å². The molecular formula is C15H21FN2O4S. The summed E-state index contributed by atoms with van der Waals surface area (Å²) in [7, 11) is -3.79. The third-order valence-electron chi connectivity index (χ3n) is 4.34. The van der Waals surface area contributed by atoms with Gasteiger partial charge in [0, 0.05) is 19.6 Å². The van der Waals surface area contributed by atoms with E-state index in [-0.39, 0.29) is 11.4 Å². The monoisotopic (exact) mass is 344 g/mol. The van der Waals surface area contributed by atoms with Crippen molar-refractivity contribution in [2.45, 2.75) is 17.4 Å². The van der Waals surface area contributed by atoms with E-state index in [9.17, 15) is 12.8 Å². The molecule has 8 heteroatoms. The van der Waals surface area contributed by atoms with Crippen LogP contribution in [0.3, 0.4) is 0 Å². The van der Waals surface area contributed by atoms with Gasteiger partial charge in [0.15, 0.2) is 0 Å². The number of halogens is 1. The van der Waals surface area contributed by atoms with Crippen molar-refractivity contribution >= 4 is 10.0 Å². The lowest BCUT2D eigenvalue weighted by Gasteiger charge is -2.49. The summed E-state index contributed by atoms with van der Waals surface area (Å²) in [6.07, 6.45) is 0. The molecule has 0 bridgehead atoms. The number of hydrogen-bond donors (Lipinski definition) is 1.